The summed E-state index contributed by atoms with van der Waals surface area (Å²) >= 11 is 1.38. The molecule has 0 radical (unpaired) electrons. The van der Waals surface area contributed by atoms with Crippen molar-refractivity contribution in [1.29, 1.82) is 0 Å². The van der Waals surface area contributed by atoms with Crippen LogP contribution in [0.4, 0.5) is 10.1 Å². The molecular weight excluding hydrogens is 217 g/mol. The Labute approximate surface area is 92.4 Å². The summed E-state index contributed by atoms with van der Waals surface area (Å²) in [6.45, 7) is 0.286. The second-order valence-corrected chi connectivity index (χ2v) is 4.16. The van der Waals surface area contributed by atoms with Gasteiger partial charge in [0.15, 0.2) is 0 Å². The van der Waals surface area contributed by atoms with Crippen molar-refractivity contribution in [3.63, 3.8) is 0 Å². The third-order valence-corrected chi connectivity index (χ3v) is 3.00. The van der Waals surface area contributed by atoms with Gasteiger partial charge < -0.3 is 15.6 Å². The standard InChI is InChI=1S/C10H14FNO2S/c1-14-5-8(13)6-15-10-3-2-7(11)4-9(10)12/h2-4,8,13H,5-6,12H2,1H3. The molecule has 0 spiro atoms. The Morgan fingerprint density at radius 2 is 2.33 bits per heavy atom. The summed E-state index contributed by atoms with van der Waals surface area (Å²) in [6.07, 6.45) is -0.538. The fraction of sp³-hybridized carbons (Fsp3) is 0.400. The molecule has 0 heterocycles. The molecule has 3 nitrogen and oxygen atoms in total. The average Bonchev–Trinajstić information content (AvgIpc) is 2.17. The van der Waals surface area contributed by atoms with Gasteiger partial charge in [-0.3, -0.25) is 0 Å². The number of aliphatic hydroxyl groups is 1. The van der Waals surface area contributed by atoms with Gasteiger partial charge in [0, 0.05) is 23.4 Å². The maximum Gasteiger partial charge on any atom is 0.125 e. The van der Waals surface area contributed by atoms with E-state index in [0.717, 1.165) is 4.90 Å². The molecule has 1 unspecified atom stereocenters. The van der Waals surface area contributed by atoms with E-state index in [1.54, 1.807) is 6.07 Å². The number of nitrogens with two attached hydrogens (primary N) is 1. The third kappa shape index (κ3) is 4.07. The lowest BCUT2D eigenvalue weighted by molar-refractivity contribution is 0.0794. The first kappa shape index (κ1) is 12.3. The van der Waals surface area contributed by atoms with Crippen LogP contribution in [0.15, 0.2) is 23.1 Å². The molecule has 0 aromatic heterocycles. The molecule has 0 aliphatic heterocycles. The molecule has 0 saturated heterocycles. The van der Waals surface area contributed by atoms with E-state index >= 15 is 0 Å². The lowest BCUT2D eigenvalue weighted by Gasteiger charge is -2.10. The highest BCUT2D eigenvalue weighted by molar-refractivity contribution is 7.99. The van der Waals surface area contributed by atoms with E-state index in [-0.39, 0.29) is 12.4 Å². The molecule has 5 heteroatoms. The molecule has 1 aromatic rings. The molecule has 0 bridgehead atoms. The summed E-state index contributed by atoms with van der Waals surface area (Å²) in [5.74, 6) is 0.123. The van der Waals surface area contributed by atoms with Gasteiger partial charge in [0.25, 0.3) is 0 Å². The number of halogens is 1. The zero-order valence-corrected chi connectivity index (χ0v) is 9.26. The quantitative estimate of drug-likeness (QED) is 0.595. The van der Waals surface area contributed by atoms with Gasteiger partial charge in [0.2, 0.25) is 0 Å². The Kier molecular flexibility index (Phi) is 4.87. The minimum absolute atomic E-state index is 0.286. The van der Waals surface area contributed by atoms with Crippen molar-refractivity contribution in [2.75, 3.05) is 25.2 Å². The van der Waals surface area contributed by atoms with E-state index < -0.39 is 6.10 Å². The lowest BCUT2D eigenvalue weighted by Crippen LogP contribution is -2.16. The summed E-state index contributed by atoms with van der Waals surface area (Å²) in [7, 11) is 1.53. The van der Waals surface area contributed by atoms with Crippen LogP contribution in [0.5, 0.6) is 0 Å². The van der Waals surface area contributed by atoms with Crippen molar-refractivity contribution >= 4 is 17.4 Å². The predicted molar refractivity (Wildman–Crippen MR) is 59.4 cm³/mol. The number of anilines is 1. The van der Waals surface area contributed by atoms with Crippen LogP contribution in [0, 0.1) is 5.82 Å². The summed E-state index contributed by atoms with van der Waals surface area (Å²) in [4.78, 5) is 0.770. The second-order valence-electron chi connectivity index (χ2n) is 3.10. The minimum atomic E-state index is -0.538. The highest BCUT2D eigenvalue weighted by Gasteiger charge is 2.06. The number of benzene rings is 1. The van der Waals surface area contributed by atoms with Crippen LogP contribution < -0.4 is 5.73 Å². The minimum Gasteiger partial charge on any atom is -0.398 e. The Hall–Kier alpha value is -0.780. The first-order valence-corrected chi connectivity index (χ1v) is 5.47. The Morgan fingerprint density at radius 1 is 1.60 bits per heavy atom. The van der Waals surface area contributed by atoms with Gasteiger partial charge in [-0.2, -0.15) is 0 Å². The van der Waals surface area contributed by atoms with Gasteiger partial charge in [0.1, 0.15) is 5.82 Å². The van der Waals surface area contributed by atoms with Crippen molar-refractivity contribution in [2.45, 2.75) is 11.0 Å². The van der Waals surface area contributed by atoms with E-state index in [4.69, 9.17) is 10.5 Å². The zero-order chi connectivity index (χ0) is 11.3. The molecule has 0 amide bonds. The molecule has 1 atom stereocenters. The van der Waals surface area contributed by atoms with Crippen molar-refractivity contribution in [3.8, 4) is 0 Å². The first-order valence-electron chi connectivity index (χ1n) is 4.48. The third-order valence-electron chi connectivity index (χ3n) is 1.76. The molecule has 1 rings (SSSR count). The van der Waals surface area contributed by atoms with Crippen LogP contribution >= 0.6 is 11.8 Å². The molecule has 1 aromatic carbocycles. The lowest BCUT2D eigenvalue weighted by atomic mass is 10.3. The largest absolute Gasteiger partial charge is 0.398 e. The SMILES string of the molecule is COCC(O)CSc1ccc(F)cc1N. The molecule has 84 valence electrons. The van der Waals surface area contributed by atoms with Crippen LogP contribution in [0.25, 0.3) is 0 Å². The normalized spacial score (nSPS) is 12.7. The molecule has 0 aliphatic rings. The van der Waals surface area contributed by atoms with Crippen LogP contribution in [0.2, 0.25) is 0 Å². The highest BCUT2D eigenvalue weighted by Crippen LogP contribution is 2.25. The average molecular weight is 231 g/mol. The molecular formula is C10H14FNO2S. The Morgan fingerprint density at radius 3 is 2.93 bits per heavy atom. The number of methoxy groups -OCH3 is 1. The first-order chi connectivity index (χ1) is 7.13. The fourth-order valence-electron chi connectivity index (χ4n) is 1.08. The number of nitrogen functional groups attached to an aromatic ring is 1. The van der Waals surface area contributed by atoms with Gasteiger partial charge in [-0.15, -0.1) is 11.8 Å². The van der Waals surface area contributed by atoms with Crippen LogP contribution in [-0.4, -0.2) is 30.7 Å². The van der Waals surface area contributed by atoms with Crippen molar-refractivity contribution in [3.05, 3.63) is 24.0 Å². The Bertz CT molecular complexity index is 322. The van der Waals surface area contributed by atoms with Gasteiger partial charge in [-0.25, -0.2) is 4.39 Å². The van der Waals surface area contributed by atoms with Gasteiger partial charge >= 0.3 is 0 Å². The van der Waals surface area contributed by atoms with E-state index in [2.05, 4.69) is 0 Å². The van der Waals surface area contributed by atoms with Crippen LogP contribution in [0.3, 0.4) is 0 Å². The monoisotopic (exact) mass is 231 g/mol. The fourth-order valence-corrected chi connectivity index (χ4v) is 1.94. The second kappa shape index (κ2) is 5.95. The number of ether oxygens (including phenoxy) is 1. The number of aliphatic hydroxyl groups excluding tert-OH is 1. The Balaban J connectivity index is 2.50. The predicted octanol–water partition coefficient (Wildman–Crippen LogP) is 1.51. The van der Waals surface area contributed by atoms with Crippen LogP contribution in [-0.2, 0) is 4.74 Å². The number of thioether (sulfide) groups is 1. The summed E-state index contributed by atoms with van der Waals surface area (Å²) in [5, 5.41) is 9.40. The maximum absolute atomic E-state index is 12.7. The highest BCUT2D eigenvalue weighted by atomic mass is 32.2. The molecule has 0 aliphatic carbocycles. The number of hydrogen-bond acceptors (Lipinski definition) is 4. The smallest absolute Gasteiger partial charge is 0.125 e. The van der Waals surface area contributed by atoms with Crippen molar-refractivity contribution < 1.29 is 14.2 Å². The van der Waals surface area contributed by atoms with Crippen LogP contribution in [0.1, 0.15) is 0 Å². The summed E-state index contributed by atoms with van der Waals surface area (Å²) < 4.78 is 17.5. The summed E-state index contributed by atoms with van der Waals surface area (Å²) in [5.41, 5.74) is 6.00. The van der Waals surface area contributed by atoms with Crippen molar-refractivity contribution in [2.24, 2.45) is 0 Å². The molecule has 3 N–H and O–H groups in total. The molecule has 15 heavy (non-hydrogen) atoms. The van der Waals surface area contributed by atoms with Gasteiger partial charge in [0.05, 0.1) is 12.7 Å². The van der Waals surface area contributed by atoms with E-state index in [1.807, 2.05) is 0 Å². The molecule has 0 fully saturated rings. The number of hydrogen-bond donors (Lipinski definition) is 2. The van der Waals surface area contributed by atoms with E-state index in [1.165, 1.54) is 31.0 Å². The number of rotatable bonds is 5. The summed E-state index contributed by atoms with van der Waals surface area (Å²) in [6, 6.07) is 4.22. The maximum atomic E-state index is 12.7. The van der Waals surface area contributed by atoms with Gasteiger partial charge in [-0.1, -0.05) is 0 Å². The topological polar surface area (TPSA) is 55.5 Å². The van der Waals surface area contributed by atoms with E-state index in [0.29, 0.717) is 11.4 Å². The van der Waals surface area contributed by atoms with Gasteiger partial charge in [-0.05, 0) is 18.2 Å². The molecule has 0 saturated carbocycles. The van der Waals surface area contributed by atoms with E-state index in [9.17, 15) is 9.50 Å². The zero-order valence-electron chi connectivity index (χ0n) is 8.44. The van der Waals surface area contributed by atoms with Crippen molar-refractivity contribution in [1.82, 2.24) is 0 Å².